The molecule has 0 fully saturated rings. The summed E-state index contributed by atoms with van der Waals surface area (Å²) in [5, 5.41) is 2.63. The minimum absolute atomic E-state index is 0.00664. The van der Waals surface area contributed by atoms with Gasteiger partial charge in [-0.1, -0.05) is 29.3 Å². The predicted octanol–water partition coefficient (Wildman–Crippen LogP) is 4.61. The number of anilines is 1. The van der Waals surface area contributed by atoms with E-state index in [1.807, 2.05) is 0 Å². The van der Waals surface area contributed by atoms with Gasteiger partial charge in [-0.15, -0.1) is 0 Å². The highest BCUT2D eigenvalue weighted by atomic mass is 35.5. The van der Waals surface area contributed by atoms with Crippen LogP contribution < -0.4 is 14.8 Å². The van der Waals surface area contributed by atoms with E-state index in [1.165, 1.54) is 7.11 Å². The van der Waals surface area contributed by atoms with Crippen LogP contribution in [0.5, 0.6) is 11.6 Å². The van der Waals surface area contributed by atoms with E-state index in [2.05, 4.69) is 15.0 Å². The first-order valence-electron chi connectivity index (χ1n) is 7.78. The Labute approximate surface area is 168 Å². The van der Waals surface area contributed by atoms with Gasteiger partial charge in [0, 0.05) is 13.3 Å². The molecule has 0 atom stereocenters. The molecule has 1 aromatic carbocycles. The molecule has 0 bridgehead atoms. The number of amides is 1. The molecule has 0 saturated carbocycles. The third-order valence-electron chi connectivity index (χ3n) is 3.19. The third-order valence-corrected chi connectivity index (χ3v) is 3.76. The number of pyridine rings is 1. The minimum atomic E-state index is -4.53. The lowest BCUT2D eigenvalue weighted by molar-refractivity contribution is -0.154. The fourth-order valence-corrected chi connectivity index (χ4v) is 2.43. The van der Waals surface area contributed by atoms with Gasteiger partial charge in [-0.2, -0.15) is 13.2 Å². The van der Waals surface area contributed by atoms with Gasteiger partial charge in [0.1, 0.15) is 11.6 Å². The molecule has 0 unspecified atom stereocenters. The summed E-state index contributed by atoms with van der Waals surface area (Å²) >= 11 is 11.9. The molecule has 28 heavy (non-hydrogen) atoms. The maximum atomic E-state index is 12.4. The number of carbonyl (C=O) groups excluding carboxylic acids is 1. The molecule has 0 spiro atoms. The minimum Gasteiger partial charge on any atom is -0.487 e. The van der Waals surface area contributed by atoms with Crippen molar-refractivity contribution in [2.75, 3.05) is 32.2 Å². The van der Waals surface area contributed by atoms with Gasteiger partial charge in [0.15, 0.2) is 12.4 Å². The van der Waals surface area contributed by atoms with E-state index in [1.54, 1.807) is 18.2 Å². The highest BCUT2D eigenvalue weighted by molar-refractivity contribution is 6.33. The second-order valence-corrected chi connectivity index (χ2v) is 6.14. The van der Waals surface area contributed by atoms with E-state index in [4.69, 9.17) is 32.7 Å². The molecular weight excluding hydrogens is 424 g/mol. The Morgan fingerprint density at radius 1 is 1.18 bits per heavy atom. The van der Waals surface area contributed by atoms with Crippen LogP contribution in [0.4, 0.5) is 18.9 Å². The average Bonchev–Trinajstić information content (AvgIpc) is 2.62. The van der Waals surface area contributed by atoms with Crippen molar-refractivity contribution in [3.05, 3.63) is 46.1 Å². The van der Waals surface area contributed by atoms with Crippen LogP contribution >= 0.6 is 23.2 Å². The molecule has 0 aliphatic carbocycles. The van der Waals surface area contributed by atoms with Gasteiger partial charge in [0.05, 0.1) is 22.9 Å². The zero-order chi connectivity index (χ0) is 20.7. The summed E-state index contributed by atoms with van der Waals surface area (Å²) in [4.78, 5) is 16.1. The molecule has 0 aliphatic heterocycles. The first-order chi connectivity index (χ1) is 13.2. The van der Waals surface area contributed by atoms with Crippen LogP contribution in [-0.2, 0) is 4.74 Å². The Hall–Kier alpha value is -2.23. The summed E-state index contributed by atoms with van der Waals surface area (Å²) in [6, 6.07) is 5.92. The molecule has 0 radical (unpaired) electrons. The van der Waals surface area contributed by atoms with Crippen molar-refractivity contribution < 1.29 is 32.2 Å². The molecule has 0 saturated heterocycles. The van der Waals surface area contributed by atoms with Gasteiger partial charge < -0.3 is 19.5 Å². The number of ether oxygens (including phenoxy) is 3. The maximum absolute atomic E-state index is 12.4. The first kappa shape index (κ1) is 22.1. The van der Waals surface area contributed by atoms with Crippen LogP contribution in [0, 0.1) is 0 Å². The number of aromatic nitrogens is 1. The van der Waals surface area contributed by atoms with Crippen molar-refractivity contribution in [1.29, 1.82) is 0 Å². The quantitative estimate of drug-likeness (QED) is 0.609. The van der Waals surface area contributed by atoms with Crippen molar-refractivity contribution >= 4 is 34.8 Å². The monoisotopic (exact) mass is 438 g/mol. The SMILES string of the molecule is COCCOc1c(Cl)cccc1NC(=O)c1cnc(OCC(F)(F)F)c(Cl)c1. The molecule has 152 valence electrons. The molecule has 6 nitrogen and oxygen atoms in total. The number of benzene rings is 1. The Bertz CT molecular complexity index is 835. The van der Waals surface area contributed by atoms with Crippen LogP contribution in [0.2, 0.25) is 10.0 Å². The zero-order valence-corrected chi connectivity index (χ0v) is 16.0. The van der Waals surface area contributed by atoms with Gasteiger partial charge in [-0.3, -0.25) is 4.79 Å². The van der Waals surface area contributed by atoms with Crippen LogP contribution in [0.1, 0.15) is 10.4 Å². The number of halogens is 5. The standard InChI is InChI=1S/C17H15Cl2F3N2O4/c1-26-5-6-27-14-11(18)3-2-4-13(14)24-15(25)10-7-12(19)16(23-8-10)28-9-17(20,21)22/h2-4,7-8H,5-6,9H2,1H3,(H,24,25). The van der Waals surface area contributed by atoms with E-state index in [0.29, 0.717) is 12.3 Å². The normalized spacial score (nSPS) is 11.2. The van der Waals surface area contributed by atoms with E-state index in [9.17, 15) is 18.0 Å². The zero-order valence-electron chi connectivity index (χ0n) is 14.5. The highest BCUT2D eigenvalue weighted by Crippen LogP contribution is 2.33. The Balaban J connectivity index is 2.13. The molecule has 1 heterocycles. The summed E-state index contributed by atoms with van der Waals surface area (Å²) < 4.78 is 51.5. The van der Waals surface area contributed by atoms with Gasteiger partial charge in [-0.05, 0) is 18.2 Å². The maximum Gasteiger partial charge on any atom is 0.422 e. The number of carbonyl (C=O) groups is 1. The smallest absolute Gasteiger partial charge is 0.422 e. The Morgan fingerprint density at radius 3 is 2.57 bits per heavy atom. The predicted molar refractivity (Wildman–Crippen MR) is 97.6 cm³/mol. The van der Waals surface area contributed by atoms with Crippen molar-refractivity contribution in [1.82, 2.24) is 4.98 Å². The fourth-order valence-electron chi connectivity index (χ4n) is 1.98. The highest BCUT2D eigenvalue weighted by Gasteiger charge is 2.29. The lowest BCUT2D eigenvalue weighted by Crippen LogP contribution is -2.20. The van der Waals surface area contributed by atoms with Gasteiger partial charge in [-0.25, -0.2) is 4.98 Å². The topological polar surface area (TPSA) is 69.7 Å². The molecule has 1 N–H and O–H groups in total. The summed E-state index contributed by atoms with van der Waals surface area (Å²) in [6.07, 6.45) is -3.49. The molecule has 11 heteroatoms. The largest absolute Gasteiger partial charge is 0.487 e. The number of hydrogen-bond donors (Lipinski definition) is 1. The number of alkyl halides is 3. The second-order valence-electron chi connectivity index (χ2n) is 5.33. The van der Waals surface area contributed by atoms with Crippen LogP contribution in [-0.4, -0.2) is 44.0 Å². The van der Waals surface area contributed by atoms with Crippen molar-refractivity contribution in [2.24, 2.45) is 0 Å². The Kier molecular flexibility index (Phi) is 7.73. The molecule has 2 aromatic rings. The van der Waals surface area contributed by atoms with Crippen molar-refractivity contribution in [3.8, 4) is 11.6 Å². The summed E-state index contributed by atoms with van der Waals surface area (Å²) in [5.74, 6) is -0.795. The number of nitrogens with one attached hydrogen (secondary N) is 1. The van der Waals surface area contributed by atoms with E-state index >= 15 is 0 Å². The average molecular weight is 439 g/mol. The number of rotatable bonds is 8. The third kappa shape index (κ3) is 6.43. The molecule has 2 rings (SSSR count). The molecule has 1 aromatic heterocycles. The molecular formula is C17H15Cl2F3N2O4. The Morgan fingerprint density at radius 2 is 1.93 bits per heavy atom. The number of methoxy groups -OCH3 is 1. The van der Waals surface area contributed by atoms with E-state index < -0.39 is 24.6 Å². The van der Waals surface area contributed by atoms with E-state index in [-0.39, 0.29) is 28.0 Å². The first-order valence-corrected chi connectivity index (χ1v) is 8.53. The number of para-hydroxylation sites is 1. The molecule has 0 aliphatic rings. The summed E-state index contributed by atoms with van der Waals surface area (Å²) in [5.41, 5.74) is 0.300. The van der Waals surface area contributed by atoms with Gasteiger partial charge >= 0.3 is 6.18 Å². The summed E-state index contributed by atoms with van der Waals surface area (Å²) in [7, 11) is 1.51. The van der Waals surface area contributed by atoms with Gasteiger partial charge in [0.2, 0.25) is 5.88 Å². The van der Waals surface area contributed by atoms with Gasteiger partial charge in [0.25, 0.3) is 5.91 Å². The van der Waals surface area contributed by atoms with E-state index in [0.717, 1.165) is 12.3 Å². The number of hydrogen-bond acceptors (Lipinski definition) is 5. The molecule has 1 amide bonds. The second kappa shape index (κ2) is 9.81. The lowest BCUT2D eigenvalue weighted by Gasteiger charge is -2.14. The van der Waals surface area contributed by atoms with Crippen LogP contribution in [0.3, 0.4) is 0 Å². The lowest BCUT2D eigenvalue weighted by atomic mass is 10.2. The van der Waals surface area contributed by atoms with Crippen LogP contribution in [0.25, 0.3) is 0 Å². The van der Waals surface area contributed by atoms with Crippen LogP contribution in [0.15, 0.2) is 30.5 Å². The summed E-state index contributed by atoms with van der Waals surface area (Å²) in [6.45, 7) is -1.02. The van der Waals surface area contributed by atoms with Crippen molar-refractivity contribution in [2.45, 2.75) is 6.18 Å². The van der Waals surface area contributed by atoms with Crippen molar-refractivity contribution in [3.63, 3.8) is 0 Å². The number of nitrogens with zero attached hydrogens (tertiary/aromatic N) is 1. The fraction of sp³-hybridized carbons (Fsp3) is 0.294.